The smallest absolute Gasteiger partial charge is 0.238 e. The molecule has 8 heteroatoms. The fraction of sp³-hybridized carbons (Fsp3) is 0.333. The molecular weight excluding hydrogens is 392 g/mol. The first-order chi connectivity index (χ1) is 13.6. The Morgan fingerprint density at radius 1 is 1.10 bits per heavy atom. The zero-order valence-corrected chi connectivity index (χ0v) is 17.0. The third kappa shape index (κ3) is 3.54. The first kappa shape index (κ1) is 19.6. The number of sulfonamides is 1. The van der Waals surface area contributed by atoms with Gasteiger partial charge in [0.05, 0.1) is 17.1 Å². The third-order valence-corrected chi connectivity index (χ3v) is 6.38. The van der Waals surface area contributed by atoms with Crippen LogP contribution in [0.1, 0.15) is 44.8 Å². The number of carbonyl (C=O) groups excluding carboxylic acids is 2. The fourth-order valence-electron chi connectivity index (χ4n) is 4.23. The molecule has 1 atom stereocenters. The van der Waals surface area contributed by atoms with E-state index in [1.807, 2.05) is 13.8 Å². The lowest BCUT2D eigenvalue weighted by atomic mass is 9.70. The second kappa shape index (κ2) is 6.67. The van der Waals surface area contributed by atoms with Crippen molar-refractivity contribution in [2.24, 2.45) is 10.6 Å². The van der Waals surface area contributed by atoms with Crippen LogP contribution >= 0.6 is 0 Å². The fourth-order valence-corrected chi connectivity index (χ4v) is 4.75. The lowest BCUT2D eigenvalue weighted by Gasteiger charge is -2.42. The highest BCUT2D eigenvalue weighted by molar-refractivity contribution is 7.89. The molecule has 2 aliphatic rings. The Balaban J connectivity index is 1.86. The van der Waals surface area contributed by atoms with E-state index in [0.29, 0.717) is 35.6 Å². The van der Waals surface area contributed by atoms with Crippen molar-refractivity contribution in [2.75, 3.05) is 4.90 Å². The maximum atomic E-state index is 13.2. The molecule has 4 rings (SSSR count). The van der Waals surface area contributed by atoms with Gasteiger partial charge in [-0.3, -0.25) is 14.5 Å². The van der Waals surface area contributed by atoms with E-state index in [-0.39, 0.29) is 28.4 Å². The molecule has 1 aliphatic heterocycles. The predicted molar refractivity (Wildman–Crippen MR) is 106 cm³/mol. The molecule has 1 unspecified atom stereocenters. The molecule has 1 aromatic heterocycles. The van der Waals surface area contributed by atoms with Crippen LogP contribution in [0.5, 0.6) is 0 Å². The molecular formula is C21H22N2O5S. The van der Waals surface area contributed by atoms with E-state index >= 15 is 0 Å². The van der Waals surface area contributed by atoms with E-state index in [1.165, 1.54) is 18.4 Å². The van der Waals surface area contributed by atoms with Crippen LogP contribution in [-0.4, -0.2) is 20.1 Å². The second-order valence-electron chi connectivity index (χ2n) is 8.34. The molecule has 0 saturated heterocycles. The molecule has 152 valence electrons. The molecule has 2 aromatic rings. The molecule has 29 heavy (non-hydrogen) atoms. The van der Waals surface area contributed by atoms with Gasteiger partial charge >= 0.3 is 0 Å². The van der Waals surface area contributed by atoms with Gasteiger partial charge < -0.3 is 4.42 Å². The van der Waals surface area contributed by atoms with E-state index in [2.05, 4.69) is 0 Å². The molecule has 1 aliphatic carbocycles. The number of anilines is 1. The highest BCUT2D eigenvalue weighted by Crippen LogP contribution is 2.48. The summed E-state index contributed by atoms with van der Waals surface area (Å²) in [6.07, 6.45) is 2.59. The Labute approximate surface area is 169 Å². The summed E-state index contributed by atoms with van der Waals surface area (Å²) in [5, 5.41) is 5.17. The number of nitrogens with zero attached hydrogens (tertiary/aromatic N) is 1. The van der Waals surface area contributed by atoms with Gasteiger partial charge in [0.2, 0.25) is 15.9 Å². The third-order valence-electron chi connectivity index (χ3n) is 5.45. The molecule has 0 saturated carbocycles. The molecule has 1 aromatic carbocycles. The minimum absolute atomic E-state index is 0.0105. The summed E-state index contributed by atoms with van der Waals surface area (Å²) in [6.45, 7) is 4.00. The zero-order chi connectivity index (χ0) is 21.0. The second-order valence-corrected chi connectivity index (χ2v) is 9.90. The Morgan fingerprint density at radius 3 is 2.38 bits per heavy atom. The largest absolute Gasteiger partial charge is 0.469 e. The number of Topliss-reactive ketones (excluding diaryl/α,β-unsaturated/α-hetero) is 1. The number of ketones is 1. The van der Waals surface area contributed by atoms with Gasteiger partial charge in [-0.05, 0) is 48.2 Å². The van der Waals surface area contributed by atoms with Crippen molar-refractivity contribution in [3.63, 3.8) is 0 Å². The Morgan fingerprint density at radius 2 is 1.79 bits per heavy atom. The van der Waals surface area contributed by atoms with Crippen LogP contribution in [-0.2, 0) is 19.6 Å². The molecule has 0 spiro atoms. The molecule has 0 radical (unpaired) electrons. The van der Waals surface area contributed by atoms with Crippen molar-refractivity contribution >= 4 is 27.4 Å². The van der Waals surface area contributed by atoms with E-state index in [9.17, 15) is 18.0 Å². The minimum atomic E-state index is -3.83. The topological polar surface area (TPSA) is 111 Å². The number of furan rings is 1. The van der Waals surface area contributed by atoms with E-state index in [1.54, 1.807) is 29.2 Å². The predicted octanol–water partition coefficient (Wildman–Crippen LogP) is 3.09. The van der Waals surface area contributed by atoms with Gasteiger partial charge in [-0.15, -0.1) is 0 Å². The van der Waals surface area contributed by atoms with E-state index in [4.69, 9.17) is 9.56 Å². The van der Waals surface area contributed by atoms with Gasteiger partial charge in [-0.2, -0.15) is 0 Å². The first-order valence-corrected chi connectivity index (χ1v) is 10.9. The lowest BCUT2D eigenvalue weighted by molar-refractivity contribution is -0.121. The molecule has 2 heterocycles. The van der Waals surface area contributed by atoms with Gasteiger partial charge in [-0.1, -0.05) is 13.8 Å². The van der Waals surface area contributed by atoms with Gasteiger partial charge in [0.1, 0.15) is 5.76 Å². The van der Waals surface area contributed by atoms with Crippen LogP contribution < -0.4 is 10.0 Å². The van der Waals surface area contributed by atoms with Crippen LogP contribution in [0.15, 0.2) is 63.2 Å². The molecule has 0 bridgehead atoms. The van der Waals surface area contributed by atoms with Crippen LogP contribution in [0, 0.1) is 5.41 Å². The number of nitrogens with two attached hydrogens (primary N) is 1. The quantitative estimate of drug-likeness (QED) is 0.830. The number of rotatable bonds is 3. The molecule has 0 fully saturated rings. The number of allylic oxidation sites excluding steroid dienone is 2. The molecule has 1 amide bonds. The summed E-state index contributed by atoms with van der Waals surface area (Å²) in [5.74, 6) is 0.0366. The van der Waals surface area contributed by atoms with Crippen LogP contribution in [0.4, 0.5) is 5.69 Å². The van der Waals surface area contributed by atoms with Crippen molar-refractivity contribution < 1.29 is 22.4 Å². The lowest BCUT2D eigenvalue weighted by Crippen LogP contribution is -2.43. The van der Waals surface area contributed by atoms with Crippen LogP contribution in [0.3, 0.4) is 0 Å². The SMILES string of the molecule is CC1(C)CC(=O)C2=C(C1)N(c1ccc(S(N)(=O)=O)cc1)C(=O)CC2c1ccco1. The van der Waals surface area contributed by atoms with Crippen molar-refractivity contribution in [3.05, 3.63) is 59.7 Å². The monoisotopic (exact) mass is 414 g/mol. The van der Waals surface area contributed by atoms with Crippen molar-refractivity contribution in [2.45, 2.75) is 43.9 Å². The number of benzene rings is 1. The normalized spacial score (nSPS) is 22.0. The minimum Gasteiger partial charge on any atom is -0.469 e. The maximum Gasteiger partial charge on any atom is 0.238 e. The Bertz CT molecular complexity index is 1110. The summed E-state index contributed by atoms with van der Waals surface area (Å²) < 4.78 is 28.6. The van der Waals surface area contributed by atoms with Crippen molar-refractivity contribution in [1.82, 2.24) is 0 Å². The Kier molecular flexibility index (Phi) is 4.51. The number of amides is 1. The summed E-state index contributed by atoms with van der Waals surface area (Å²) in [5.41, 5.74) is 1.49. The standard InChI is InChI=1S/C21H22N2O5S/c1-21(2)11-16-20(17(24)12-21)15(18-4-3-9-28-18)10-19(25)23(16)13-5-7-14(8-6-13)29(22,26)27/h3-9,15H,10-12H2,1-2H3,(H2,22,26,27). The van der Waals surface area contributed by atoms with Crippen LogP contribution in [0.2, 0.25) is 0 Å². The average molecular weight is 414 g/mol. The maximum absolute atomic E-state index is 13.2. The summed E-state index contributed by atoms with van der Waals surface area (Å²) in [7, 11) is -3.83. The van der Waals surface area contributed by atoms with E-state index in [0.717, 1.165) is 0 Å². The van der Waals surface area contributed by atoms with Crippen molar-refractivity contribution in [3.8, 4) is 0 Å². The summed E-state index contributed by atoms with van der Waals surface area (Å²) >= 11 is 0. The average Bonchev–Trinajstić information content (AvgIpc) is 3.13. The number of carbonyl (C=O) groups is 2. The van der Waals surface area contributed by atoms with Crippen molar-refractivity contribution in [1.29, 1.82) is 0 Å². The van der Waals surface area contributed by atoms with Gasteiger partial charge in [-0.25, -0.2) is 13.6 Å². The van der Waals surface area contributed by atoms with Gasteiger partial charge in [0.15, 0.2) is 5.78 Å². The Hall–Kier alpha value is -2.71. The number of hydrogen-bond donors (Lipinski definition) is 1. The van der Waals surface area contributed by atoms with Gasteiger partial charge in [0, 0.05) is 29.8 Å². The number of primary sulfonamides is 1. The molecule has 7 nitrogen and oxygen atoms in total. The zero-order valence-electron chi connectivity index (χ0n) is 16.2. The number of hydrogen-bond acceptors (Lipinski definition) is 5. The highest BCUT2D eigenvalue weighted by atomic mass is 32.2. The van der Waals surface area contributed by atoms with Crippen LogP contribution in [0.25, 0.3) is 0 Å². The van der Waals surface area contributed by atoms with E-state index < -0.39 is 15.9 Å². The highest BCUT2D eigenvalue weighted by Gasteiger charge is 2.45. The summed E-state index contributed by atoms with van der Waals surface area (Å²) in [4.78, 5) is 27.7. The summed E-state index contributed by atoms with van der Waals surface area (Å²) in [6, 6.07) is 9.35. The first-order valence-electron chi connectivity index (χ1n) is 9.32. The van der Waals surface area contributed by atoms with Gasteiger partial charge in [0.25, 0.3) is 0 Å². The molecule has 2 N–H and O–H groups in total.